The van der Waals surface area contributed by atoms with Crippen molar-refractivity contribution in [3.8, 4) is 5.75 Å². The van der Waals surface area contributed by atoms with Gasteiger partial charge in [-0.25, -0.2) is 0 Å². The van der Waals surface area contributed by atoms with Crippen molar-refractivity contribution in [2.24, 2.45) is 4.99 Å². The molecular formula is C23H35IN6O3. The number of hydrogen-bond donors (Lipinski definition) is 1. The van der Waals surface area contributed by atoms with Gasteiger partial charge in [0.25, 0.3) is 5.91 Å². The molecule has 1 aromatic rings. The molecule has 3 aliphatic rings. The second-order valence-corrected chi connectivity index (χ2v) is 8.48. The van der Waals surface area contributed by atoms with Crippen LogP contribution < -0.4 is 15.0 Å². The number of nitrogens with one attached hydrogen (secondary N) is 1. The molecule has 2 fully saturated rings. The van der Waals surface area contributed by atoms with E-state index in [0.717, 1.165) is 82.5 Å². The first-order valence-electron chi connectivity index (χ1n) is 11.6. The number of aliphatic imine (C=N–C) groups is 1. The molecule has 0 unspecified atom stereocenters. The molecule has 2 amide bonds. The number of carbonyl (C=O) groups is 2. The second-order valence-electron chi connectivity index (χ2n) is 8.48. The minimum Gasteiger partial charge on any atom is -0.482 e. The molecule has 2 saturated heterocycles. The van der Waals surface area contributed by atoms with Crippen LogP contribution in [0.5, 0.6) is 5.75 Å². The Kier molecular flexibility index (Phi) is 9.60. The molecule has 33 heavy (non-hydrogen) atoms. The molecule has 0 aliphatic carbocycles. The van der Waals surface area contributed by atoms with Gasteiger partial charge in [0.15, 0.2) is 12.6 Å². The highest BCUT2D eigenvalue weighted by Crippen LogP contribution is 2.31. The van der Waals surface area contributed by atoms with Gasteiger partial charge in [-0.15, -0.1) is 24.0 Å². The lowest BCUT2D eigenvalue weighted by Gasteiger charge is -2.36. The maximum Gasteiger partial charge on any atom is 0.265 e. The number of benzene rings is 1. The number of anilines is 1. The fourth-order valence-corrected chi connectivity index (χ4v) is 4.54. The third kappa shape index (κ3) is 6.50. The molecule has 1 aromatic carbocycles. The molecule has 0 radical (unpaired) electrons. The number of halogens is 1. The highest BCUT2D eigenvalue weighted by Gasteiger charge is 2.26. The van der Waals surface area contributed by atoms with E-state index >= 15 is 0 Å². The molecule has 182 valence electrons. The van der Waals surface area contributed by atoms with Crippen LogP contribution in [0.2, 0.25) is 0 Å². The smallest absolute Gasteiger partial charge is 0.265 e. The summed E-state index contributed by atoms with van der Waals surface area (Å²) in [5, 5.41) is 3.43. The molecule has 0 saturated carbocycles. The largest absolute Gasteiger partial charge is 0.482 e. The molecule has 1 N–H and O–H groups in total. The van der Waals surface area contributed by atoms with Crippen LogP contribution in [0.3, 0.4) is 0 Å². The van der Waals surface area contributed by atoms with Gasteiger partial charge in [-0.1, -0.05) is 12.1 Å². The van der Waals surface area contributed by atoms with Gasteiger partial charge in [0.2, 0.25) is 5.91 Å². The maximum atomic E-state index is 12.4. The van der Waals surface area contributed by atoms with E-state index < -0.39 is 0 Å². The summed E-state index contributed by atoms with van der Waals surface area (Å²) in [5.74, 6) is 1.89. The first kappa shape index (κ1) is 25.5. The summed E-state index contributed by atoms with van der Waals surface area (Å²) in [7, 11) is 1.80. The maximum absolute atomic E-state index is 12.4. The van der Waals surface area contributed by atoms with Crippen LogP contribution in [-0.2, 0) is 9.59 Å². The van der Waals surface area contributed by atoms with Crippen LogP contribution in [-0.4, -0.2) is 105 Å². The molecule has 4 rings (SSSR count). The van der Waals surface area contributed by atoms with Gasteiger partial charge in [-0.2, -0.15) is 0 Å². The number of ether oxygens (including phenoxy) is 1. The standard InChI is InChI=1S/C23H34N6O3.HI/c1-24-23(28-15-13-26(14-16-28)17-21(30)27-10-4-5-11-27)25-9-6-12-29-19-7-2-3-8-20(19)32-18-22(29)31;/h2-3,7-8H,4-6,9-18H2,1H3,(H,24,25);1H. The van der Waals surface area contributed by atoms with Crippen molar-refractivity contribution >= 4 is 47.4 Å². The summed E-state index contributed by atoms with van der Waals surface area (Å²) >= 11 is 0. The predicted molar refractivity (Wildman–Crippen MR) is 140 cm³/mol. The van der Waals surface area contributed by atoms with Gasteiger partial charge in [0.1, 0.15) is 5.75 Å². The normalized spacial score (nSPS) is 19.1. The van der Waals surface area contributed by atoms with E-state index in [1.165, 1.54) is 0 Å². The SMILES string of the molecule is CN=C(NCCCN1C(=O)COc2ccccc21)N1CCN(CC(=O)N2CCCC2)CC1.I. The van der Waals surface area contributed by atoms with Crippen molar-refractivity contribution in [3.05, 3.63) is 24.3 Å². The number of rotatable bonds is 6. The summed E-state index contributed by atoms with van der Waals surface area (Å²) in [4.78, 5) is 37.4. The van der Waals surface area contributed by atoms with E-state index in [9.17, 15) is 9.59 Å². The Bertz CT molecular complexity index is 837. The van der Waals surface area contributed by atoms with Crippen molar-refractivity contribution in [2.75, 3.05) is 77.5 Å². The Morgan fingerprint density at radius 3 is 2.52 bits per heavy atom. The fourth-order valence-electron chi connectivity index (χ4n) is 4.54. The minimum absolute atomic E-state index is 0. The number of guanidine groups is 1. The molecule has 0 aromatic heterocycles. The lowest BCUT2D eigenvalue weighted by molar-refractivity contribution is -0.131. The van der Waals surface area contributed by atoms with E-state index in [4.69, 9.17) is 4.74 Å². The van der Waals surface area contributed by atoms with Crippen LogP contribution >= 0.6 is 24.0 Å². The van der Waals surface area contributed by atoms with E-state index in [2.05, 4.69) is 20.1 Å². The zero-order valence-electron chi connectivity index (χ0n) is 19.4. The zero-order valence-corrected chi connectivity index (χ0v) is 21.7. The fraction of sp³-hybridized carbons (Fsp3) is 0.609. The van der Waals surface area contributed by atoms with Crippen LogP contribution in [0.25, 0.3) is 0 Å². The van der Waals surface area contributed by atoms with Crippen molar-refractivity contribution in [1.29, 1.82) is 0 Å². The van der Waals surface area contributed by atoms with Gasteiger partial charge >= 0.3 is 0 Å². The zero-order chi connectivity index (χ0) is 22.3. The number of fused-ring (bicyclic) bond motifs is 1. The van der Waals surface area contributed by atoms with Gasteiger partial charge < -0.3 is 24.8 Å². The number of piperazine rings is 1. The number of amides is 2. The monoisotopic (exact) mass is 570 g/mol. The number of para-hydroxylation sites is 2. The quantitative estimate of drug-likeness (QED) is 0.240. The molecular weight excluding hydrogens is 535 g/mol. The van der Waals surface area contributed by atoms with Crippen LogP contribution in [0.1, 0.15) is 19.3 Å². The van der Waals surface area contributed by atoms with E-state index in [1.54, 1.807) is 11.9 Å². The molecule has 3 heterocycles. The lowest BCUT2D eigenvalue weighted by Crippen LogP contribution is -2.54. The molecule has 0 bridgehead atoms. The average molecular weight is 570 g/mol. The number of hydrogen-bond acceptors (Lipinski definition) is 5. The number of carbonyl (C=O) groups excluding carboxylic acids is 2. The average Bonchev–Trinajstić information content (AvgIpc) is 3.36. The molecule has 10 heteroatoms. The Balaban J connectivity index is 0.00000306. The summed E-state index contributed by atoms with van der Waals surface area (Å²) < 4.78 is 5.51. The van der Waals surface area contributed by atoms with Gasteiger partial charge in [-0.05, 0) is 31.4 Å². The van der Waals surface area contributed by atoms with Crippen molar-refractivity contribution in [2.45, 2.75) is 19.3 Å². The summed E-state index contributed by atoms with van der Waals surface area (Å²) in [6.07, 6.45) is 3.07. The van der Waals surface area contributed by atoms with E-state index in [1.807, 2.05) is 29.2 Å². The highest BCUT2D eigenvalue weighted by atomic mass is 127. The van der Waals surface area contributed by atoms with Crippen molar-refractivity contribution in [3.63, 3.8) is 0 Å². The second kappa shape index (κ2) is 12.4. The van der Waals surface area contributed by atoms with Crippen LogP contribution in [0.15, 0.2) is 29.3 Å². The van der Waals surface area contributed by atoms with E-state index in [-0.39, 0.29) is 42.4 Å². The Labute approximate surface area is 213 Å². The van der Waals surface area contributed by atoms with Gasteiger partial charge in [0, 0.05) is 59.4 Å². The van der Waals surface area contributed by atoms with Crippen molar-refractivity contribution < 1.29 is 14.3 Å². The van der Waals surface area contributed by atoms with Crippen LogP contribution in [0.4, 0.5) is 5.69 Å². The molecule has 3 aliphatic heterocycles. The Hall–Kier alpha value is -2.08. The third-order valence-electron chi connectivity index (χ3n) is 6.35. The summed E-state index contributed by atoms with van der Waals surface area (Å²) in [6.45, 7) is 7.23. The summed E-state index contributed by atoms with van der Waals surface area (Å²) in [5.41, 5.74) is 0.840. The molecule has 9 nitrogen and oxygen atoms in total. The highest BCUT2D eigenvalue weighted by molar-refractivity contribution is 14.0. The van der Waals surface area contributed by atoms with E-state index in [0.29, 0.717) is 13.1 Å². The first-order chi connectivity index (χ1) is 15.7. The molecule has 0 spiro atoms. The first-order valence-corrected chi connectivity index (χ1v) is 11.6. The third-order valence-corrected chi connectivity index (χ3v) is 6.35. The molecule has 0 atom stereocenters. The summed E-state index contributed by atoms with van der Waals surface area (Å²) in [6, 6.07) is 7.66. The minimum atomic E-state index is -0.00678. The predicted octanol–water partition coefficient (Wildman–Crippen LogP) is 1.24. The van der Waals surface area contributed by atoms with Crippen LogP contribution in [0, 0.1) is 0 Å². The van der Waals surface area contributed by atoms with Gasteiger partial charge in [0.05, 0.1) is 12.2 Å². The Morgan fingerprint density at radius 2 is 1.79 bits per heavy atom. The number of likely N-dealkylation sites (tertiary alicyclic amines) is 1. The number of nitrogens with zero attached hydrogens (tertiary/aromatic N) is 5. The Morgan fingerprint density at radius 1 is 1.06 bits per heavy atom. The lowest BCUT2D eigenvalue weighted by atomic mass is 10.2. The van der Waals surface area contributed by atoms with Gasteiger partial charge in [-0.3, -0.25) is 19.5 Å². The topological polar surface area (TPSA) is 80.7 Å². The van der Waals surface area contributed by atoms with Crippen molar-refractivity contribution in [1.82, 2.24) is 20.0 Å².